The minimum atomic E-state index is -0.146. The first-order valence-corrected chi connectivity index (χ1v) is 7.25. The van der Waals surface area contributed by atoms with Gasteiger partial charge in [0.25, 0.3) is 0 Å². The van der Waals surface area contributed by atoms with E-state index in [4.69, 9.17) is 0 Å². The Balaban J connectivity index is 1.81. The topological polar surface area (TPSA) is 23.5 Å². The first-order chi connectivity index (χ1) is 8.75. The molecular weight excluding hydrogens is 222 g/mol. The van der Waals surface area contributed by atoms with E-state index in [1.165, 1.54) is 30.4 Å². The summed E-state index contributed by atoms with van der Waals surface area (Å²) in [5, 5.41) is 10.1. The lowest BCUT2D eigenvalue weighted by Gasteiger charge is -2.41. The van der Waals surface area contributed by atoms with Crippen molar-refractivity contribution < 1.29 is 5.11 Å². The van der Waals surface area contributed by atoms with Gasteiger partial charge in [0.15, 0.2) is 0 Å². The molecule has 3 unspecified atom stereocenters. The van der Waals surface area contributed by atoms with Gasteiger partial charge in [-0.25, -0.2) is 0 Å². The summed E-state index contributed by atoms with van der Waals surface area (Å²) in [6, 6.07) is 9.39. The van der Waals surface area contributed by atoms with Crippen molar-refractivity contribution in [2.45, 2.75) is 44.8 Å². The fourth-order valence-electron chi connectivity index (χ4n) is 3.46. The Morgan fingerprint density at radius 1 is 1.22 bits per heavy atom. The van der Waals surface area contributed by atoms with Gasteiger partial charge in [0.05, 0.1) is 6.10 Å². The standard InChI is InChI=1S/C16H23NO/c1-12-9-10-17(11-16(12)18)15-8-4-6-13-5-2-3-7-14(13)15/h2-3,5,7,12,15-16,18H,4,6,8-11H2,1H3. The van der Waals surface area contributed by atoms with Crippen molar-refractivity contribution in [3.63, 3.8) is 0 Å². The van der Waals surface area contributed by atoms with Crippen molar-refractivity contribution in [2.24, 2.45) is 5.92 Å². The van der Waals surface area contributed by atoms with Crippen LogP contribution >= 0.6 is 0 Å². The number of benzene rings is 1. The lowest BCUT2D eigenvalue weighted by atomic mass is 9.85. The van der Waals surface area contributed by atoms with Crippen LogP contribution in [-0.2, 0) is 6.42 Å². The van der Waals surface area contributed by atoms with E-state index in [0.29, 0.717) is 12.0 Å². The predicted octanol–water partition coefficient (Wildman–Crippen LogP) is 2.77. The molecule has 0 bridgehead atoms. The highest BCUT2D eigenvalue weighted by molar-refractivity contribution is 5.32. The summed E-state index contributed by atoms with van der Waals surface area (Å²) in [6.45, 7) is 4.15. The maximum atomic E-state index is 10.1. The summed E-state index contributed by atoms with van der Waals surface area (Å²) in [6.07, 6.45) is 4.73. The monoisotopic (exact) mass is 245 g/mol. The molecule has 3 atom stereocenters. The van der Waals surface area contributed by atoms with Gasteiger partial charge < -0.3 is 5.11 Å². The Kier molecular flexibility index (Phi) is 3.40. The maximum Gasteiger partial charge on any atom is 0.0693 e. The smallest absolute Gasteiger partial charge is 0.0693 e. The second-order valence-electron chi connectivity index (χ2n) is 5.94. The Bertz CT molecular complexity index is 417. The number of likely N-dealkylation sites (tertiary alicyclic amines) is 1. The molecule has 2 nitrogen and oxygen atoms in total. The zero-order valence-electron chi connectivity index (χ0n) is 11.2. The van der Waals surface area contributed by atoms with E-state index in [2.05, 4.69) is 36.1 Å². The summed E-state index contributed by atoms with van der Waals surface area (Å²) in [7, 11) is 0. The van der Waals surface area contributed by atoms with Crippen molar-refractivity contribution in [2.75, 3.05) is 13.1 Å². The molecule has 98 valence electrons. The van der Waals surface area contributed by atoms with Crippen LogP contribution in [0, 0.1) is 5.92 Å². The lowest BCUT2D eigenvalue weighted by Crippen LogP contribution is -2.45. The molecule has 2 aliphatic rings. The van der Waals surface area contributed by atoms with Crippen LogP contribution in [0.4, 0.5) is 0 Å². The number of nitrogens with zero attached hydrogens (tertiary/aromatic N) is 1. The van der Waals surface area contributed by atoms with Gasteiger partial charge in [-0.15, -0.1) is 0 Å². The molecule has 1 aromatic carbocycles. The molecule has 0 saturated carbocycles. The number of hydrogen-bond acceptors (Lipinski definition) is 2. The van der Waals surface area contributed by atoms with Crippen LogP contribution in [0.5, 0.6) is 0 Å². The van der Waals surface area contributed by atoms with Crippen molar-refractivity contribution in [3.8, 4) is 0 Å². The Labute approximate surface area is 110 Å². The van der Waals surface area contributed by atoms with Gasteiger partial charge in [0.2, 0.25) is 0 Å². The van der Waals surface area contributed by atoms with Crippen LogP contribution in [0.3, 0.4) is 0 Å². The third-order valence-corrected chi connectivity index (χ3v) is 4.73. The molecule has 1 N–H and O–H groups in total. The third-order valence-electron chi connectivity index (χ3n) is 4.73. The minimum Gasteiger partial charge on any atom is -0.392 e. The molecule has 18 heavy (non-hydrogen) atoms. The second-order valence-corrected chi connectivity index (χ2v) is 5.94. The van der Waals surface area contributed by atoms with E-state index < -0.39 is 0 Å². The first-order valence-electron chi connectivity index (χ1n) is 7.25. The molecule has 1 aliphatic heterocycles. The molecule has 2 heteroatoms. The van der Waals surface area contributed by atoms with E-state index in [-0.39, 0.29) is 6.10 Å². The number of β-amino-alcohol motifs (C(OH)–C–C–N with tert-alkyl or cyclic N) is 1. The molecule has 1 fully saturated rings. The number of aliphatic hydroxyl groups excluding tert-OH is 1. The molecular formula is C16H23NO. The minimum absolute atomic E-state index is 0.146. The van der Waals surface area contributed by atoms with Gasteiger partial charge >= 0.3 is 0 Å². The number of rotatable bonds is 1. The van der Waals surface area contributed by atoms with Gasteiger partial charge in [0.1, 0.15) is 0 Å². The maximum absolute atomic E-state index is 10.1. The van der Waals surface area contributed by atoms with E-state index in [9.17, 15) is 5.11 Å². The van der Waals surface area contributed by atoms with Crippen LogP contribution in [0.15, 0.2) is 24.3 Å². The highest BCUT2D eigenvalue weighted by Gasteiger charge is 2.31. The van der Waals surface area contributed by atoms with Gasteiger partial charge in [-0.3, -0.25) is 4.90 Å². The van der Waals surface area contributed by atoms with E-state index in [1.54, 1.807) is 0 Å². The Morgan fingerprint density at radius 2 is 2.06 bits per heavy atom. The van der Waals surface area contributed by atoms with Gasteiger partial charge in [-0.05, 0) is 49.3 Å². The number of hydrogen-bond donors (Lipinski definition) is 1. The number of aryl methyl sites for hydroxylation is 1. The largest absolute Gasteiger partial charge is 0.392 e. The van der Waals surface area contributed by atoms with Gasteiger partial charge in [-0.1, -0.05) is 31.2 Å². The van der Waals surface area contributed by atoms with E-state index >= 15 is 0 Å². The molecule has 1 aliphatic carbocycles. The van der Waals surface area contributed by atoms with Crippen LogP contribution in [0.1, 0.15) is 43.4 Å². The molecule has 0 radical (unpaired) electrons. The second kappa shape index (κ2) is 5.02. The molecule has 1 aromatic rings. The molecule has 0 spiro atoms. The molecule has 3 rings (SSSR count). The molecule has 1 saturated heterocycles. The van der Waals surface area contributed by atoms with Crippen molar-refractivity contribution in [1.29, 1.82) is 0 Å². The predicted molar refractivity (Wildman–Crippen MR) is 73.5 cm³/mol. The van der Waals surface area contributed by atoms with Gasteiger partial charge in [0, 0.05) is 12.6 Å². The average Bonchev–Trinajstić information content (AvgIpc) is 2.41. The van der Waals surface area contributed by atoms with Crippen LogP contribution in [-0.4, -0.2) is 29.2 Å². The summed E-state index contributed by atoms with van der Waals surface area (Å²) in [5.41, 5.74) is 3.02. The number of fused-ring (bicyclic) bond motifs is 1. The summed E-state index contributed by atoms with van der Waals surface area (Å²) in [4.78, 5) is 2.50. The highest BCUT2D eigenvalue weighted by Crippen LogP contribution is 2.36. The zero-order valence-corrected chi connectivity index (χ0v) is 11.2. The van der Waals surface area contributed by atoms with E-state index in [0.717, 1.165) is 19.5 Å². The number of aliphatic hydroxyl groups is 1. The van der Waals surface area contributed by atoms with Crippen LogP contribution < -0.4 is 0 Å². The summed E-state index contributed by atoms with van der Waals surface area (Å²) < 4.78 is 0. The zero-order chi connectivity index (χ0) is 12.5. The summed E-state index contributed by atoms with van der Waals surface area (Å²) >= 11 is 0. The molecule has 0 amide bonds. The number of piperidine rings is 1. The third kappa shape index (κ3) is 2.19. The van der Waals surface area contributed by atoms with Crippen molar-refractivity contribution in [1.82, 2.24) is 4.90 Å². The molecule has 1 heterocycles. The van der Waals surface area contributed by atoms with Crippen LogP contribution in [0.2, 0.25) is 0 Å². The van der Waals surface area contributed by atoms with Crippen LogP contribution in [0.25, 0.3) is 0 Å². The van der Waals surface area contributed by atoms with Crippen molar-refractivity contribution in [3.05, 3.63) is 35.4 Å². The highest BCUT2D eigenvalue weighted by atomic mass is 16.3. The Hall–Kier alpha value is -0.860. The van der Waals surface area contributed by atoms with E-state index in [1.807, 2.05) is 0 Å². The first kappa shape index (κ1) is 12.2. The average molecular weight is 245 g/mol. The SMILES string of the molecule is CC1CCN(C2CCCc3ccccc32)CC1O. The van der Waals surface area contributed by atoms with Crippen molar-refractivity contribution >= 4 is 0 Å². The van der Waals surface area contributed by atoms with Gasteiger partial charge in [-0.2, -0.15) is 0 Å². The molecule has 0 aromatic heterocycles. The lowest BCUT2D eigenvalue weighted by molar-refractivity contribution is 0.00608. The Morgan fingerprint density at radius 3 is 2.89 bits per heavy atom. The summed E-state index contributed by atoms with van der Waals surface area (Å²) in [5.74, 6) is 0.458. The quantitative estimate of drug-likeness (QED) is 0.822. The fraction of sp³-hybridized carbons (Fsp3) is 0.625. The fourth-order valence-corrected chi connectivity index (χ4v) is 3.46. The normalized spacial score (nSPS) is 33.1.